The summed E-state index contributed by atoms with van der Waals surface area (Å²) in [6, 6.07) is 9.31. The van der Waals surface area contributed by atoms with E-state index in [1.807, 2.05) is 21.9 Å². The number of aryl methyl sites for hydroxylation is 2. The summed E-state index contributed by atoms with van der Waals surface area (Å²) in [7, 11) is 1.59. The van der Waals surface area contributed by atoms with E-state index in [-0.39, 0.29) is 11.8 Å². The van der Waals surface area contributed by atoms with Gasteiger partial charge in [0.25, 0.3) is 11.8 Å². The minimum atomic E-state index is -0.00686. The quantitative estimate of drug-likeness (QED) is 0.816. The molecule has 1 aromatic heterocycles. The Morgan fingerprint density at radius 3 is 2.37 bits per heavy atom. The Labute approximate surface area is 163 Å². The lowest BCUT2D eigenvalue weighted by Crippen LogP contribution is -2.50. The highest BCUT2D eigenvalue weighted by molar-refractivity contribution is 7.14. The van der Waals surface area contributed by atoms with Crippen molar-refractivity contribution in [2.75, 3.05) is 33.3 Å². The van der Waals surface area contributed by atoms with Crippen molar-refractivity contribution < 1.29 is 14.3 Å². The molecule has 1 aliphatic heterocycles. The molecule has 2 aromatic rings. The van der Waals surface area contributed by atoms with Crippen LogP contribution in [0.1, 0.15) is 43.3 Å². The van der Waals surface area contributed by atoms with Crippen LogP contribution >= 0.6 is 11.3 Å². The van der Waals surface area contributed by atoms with Crippen molar-refractivity contribution in [3.8, 4) is 5.75 Å². The van der Waals surface area contributed by atoms with E-state index >= 15 is 0 Å². The van der Waals surface area contributed by atoms with Gasteiger partial charge in [-0.3, -0.25) is 9.59 Å². The van der Waals surface area contributed by atoms with E-state index in [1.165, 1.54) is 23.3 Å². The van der Waals surface area contributed by atoms with Crippen LogP contribution in [0.3, 0.4) is 0 Å². The van der Waals surface area contributed by atoms with Crippen LogP contribution in [0.5, 0.6) is 5.75 Å². The average molecular weight is 385 g/mol. The van der Waals surface area contributed by atoms with E-state index < -0.39 is 0 Å². The molecule has 1 aromatic carbocycles. The van der Waals surface area contributed by atoms with Crippen molar-refractivity contribution >= 4 is 23.2 Å². The molecule has 1 fully saturated rings. The molecule has 2 amide bonds. The molecule has 0 spiro atoms. The fourth-order valence-corrected chi connectivity index (χ4v) is 5.02. The second-order valence-corrected chi connectivity index (χ2v) is 8.22. The van der Waals surface area contributed by atoms with Crippen molar-refractivity contribution in [2.45, 2.75) is 25.7 Å². The van der Waals surface area contributed by atoms with Crippen LogP contribution in [-0.2, 0) is 12.8 Å². The van der Waals surface area contributed by atoms with E-state index in [0.717, 1.165) is 17.7 Å². The first kappa shape index (κ1) is 18.0. The van der Waals surface area contributed by atoms with Gasteiger partial charge in [-0.1, -0.05) is 6.07 Å². The van der Waals surface area contributed by atoms with Crippen LogP contribution in [0.15, 0.2) is 30.3 Å². The van der Waals surface area contributed by atoms with Gasteiger partial charge in [0.1, 0.15) is 5.75 Å². The molecule has 0 atom stereocenters. The van der Waals surface area contributed by atoms with E-state index in [1.54, 1.807) is 30.6 Å². The van der Waals surface area contributed by atoms with Gasteiger partial charge in [-0.25, -0.2) is 0 Å². The number of carbonyl (C=O) groups excluding carboxylic acids is 2. The highest BCUT2D eigenvalue weighted by Gasteiger charge is 2.27. The summed E-state index contributed by atoms with van der Waals surface area (Å²) in [6.45, 7) is 2.29. The lowest BCUT2D eigenvalue weighted by molar-refractivity contribution is 0.0538. The SMILES string of the molecule is COc1cccc(C(=O)N2CCN(C(=O)c3cc4c(s3)CCCC4)CC2)c1. The number of piperazine rings is 1. The Balaban J connectivity index is 1.39. The number of ether oxygens (including phenoxy) is 1. The predicted octanol–water partition coefficient (Wildman–Crippen LogP) is 3.23. The summed E-state index contributed by atoms with van der Waals surface area (Å²) in [5, 5.41) is 0. The van der Waals surface area contributed by atoms with Crippen molar-refractivity contribution in [2.24, 2.45) is 0 Å². The normalized spacial score (nSPS) is 16.8. The van der Waals surface area contributed by atoms with Crippen LogP contribution in [0, 0.1) is 0 Å². The van der Waals surface area contributed by atoms with Crippen LogP contribution in [0.25, 0.3) is 0 Å². The highest BCUT2D eigenvalue weighted by atomic mass is 32.1. The molecule has 0 N–H and O–H groups in total. The molecular formula is C21H24N2O3S. The number of rotatable bonds is 3. The molecule has 1 aliphatic carbocycles. The van der Waals surface area contributed by atoms with E-state index in [2.05, 4.69) is 6.07 Å². The summed E-state index contributed by atoms with van der Waals surface area (Å²) in [5.74, 6) is 0.784. The van der Waals surface area contributed by atoms with E-state index in [4.69, 9.17) is 4.74 Å². The lowest BCUT2D eigenvalue weighted by atomic mass is 9.99. The summed E-state index contributed by atoms with van der Waals surface area (Å²) in [4.78, 5) is 31.5. The highest BCUT2D eigenvalue weighted by Crippen LogP contribution is 2.30. The number of nitrogens with zero attached hydrogens (tertiary/aromatic N) is 2. The predicted molar refractivity (Wildman–Crippen MR) is 106 cm³/mol. The molecule has 6 heteroatoms. The van der Waals surface area contributed by atoms with Gasteiger partial charge in [-0.2, -0.15) is 0 Å². The monoisotopic (exact) mass is 384 g/mol. The molecule has 0 radical (unpaired) electrons. The molecule has 142 valence electrons. The van der Waals surface area contributed by atoms with Crippen LogP contribution in [-0.4, -0.2) is 54.9 Å². The molecule has 2 aliphatic rings. The molecule has 27 heavy (non-hydrogen) atoms. The lowest BCUT2D eigenvalue weighted by Gasteiger charge is -2.34. The zero-order valence-corrected chi connectivity index (χ0v) is 16.4. The number of hydrogen-bond acceptors (Lipinski definition) is 4. The van der Waals surface area contributed by atoms with Crippen LogP contribution < -0.4 is 4.74 Å². The van der Waals surface area contributed by atoms with E-state index in [9.17, 15) is 9.59 Å². The molecule has 5 nitrogen and oxygen atoms in total. The van der Waals surface area contributed by atoms with Crippen molar-refractivity contribution in [3.05, 3.63) is 51.2 Å². The Bertz CT molecular complexity index is 829. The minimum Gasteiger partial charge on any atom is -0.497 e. The van der Waals surface area contributed by atoms with Gasteiger partial charge >= 0.3 is 0 Å². The molecule has 0 bridgehead atoms. The standard InChI is InChI=1S/C21H24N2O3S/c1-26-17-7-4-6-16(13-17)20(24)22-9-11-23(12-10-22)21(25)19-14-15-5-2-3-8-18(15)27-19/h4,6-7,13-14H,2-3,5,8-12H2,1H3. The zero-order chi connectivity index (χ0) is 18.8. The Kier molecular flexibility index (Phi) is 5.16. The number of amides is 2. The maximum Gasteiger partial charge on any atom is 0.264 e. The first-order valence-corrected chi connectivity index (χ1v) is 10.3. The van der Waals surface area contributed by atoms with Crippen molar-refractivity contribution in [1.82, 2.24) is 9.80 Å². The maximum atomic E-state index is 12.9. The second kappa shape index (κ2) is 7.72. The molecule has 0 saturated carbocycles. The van der Waals surface area contributed by atoms with Gasteiger partial charge in [0.2, 0.25) is 0 Å². The maximum absolute atomic E-state index is 12.9. The summed E-state index contributed by atoms with van der Waals surface area (Å²) in [5.41, 5.74) is 1.99. The number of hydrogen-bond donors (Lipinski definition) is 0. The van der Waals surface area contributed by atoms with Gasteiger partial charge < -0.3 is 14.5 Å². The second-order valence-electron chi connectivity index (χ2n) is 7.08. The topological polar surface area (TPSA) is 49.9 Å². The number of fused-ring (bicyclic) bond motifs is 1. The minimum absolute atomic E-state index is 0.00686. The third-order valence-electron chi connectivity index (χ3n) is 5.38. The van der Waals surface area contributed by atoms with Crippen LogP contribution in [0.2, 0.25) is 0 Å². The third-order valence-corrected chi connectivity index (χ3v) is 6.60. The molecular weight excluding hydrogens is 360 g/mol. The van der Waals surface area contributed by atoms with Gasteiger partial charge in [-0.05, 0) is 55.5 Å². The first-order valence-electron chi connectivity index (χ1n) is 9.50. The Morgan fingerprint density at radius 1 is 0.963 bits per heavy atom. The first-order chi connectivity index (χ1) is 13.2. The van der Waals surface area contributed by atoms with E-state index in [0.29, 0.717) is 37.5 Å². The van der Waals surface area contributed by atoms with Crippen LogP contribution in [0.4, 0.5) is 0 Å². The molecule has 4 rings (SSSR count). The summed E-state index contributed by atoms with van der Waals surface area (Å²) in [6.07, 6.45) is 4.66. The Hall–Kier alpha value is -2.34. The zero-order valence-electron chi connectivity index (χ0n) is 15.6. The fourth-order valence-electron chi connectivity index (χ4n) is 3.80. The fraction of sp³-hybridized carbons (Fsp3) is 0.429. The number of thiophene rings is 1. The smallest absolute Gasteiger partial charge is 0.264 e. The number of carbonyl (C=O) groups is 2. The summed E-state index contributed by atoms with van der Waals surface area (Å²) < 4.78 is 5.20. The van der Waals surface area contributed by atoms with Gasteiger partial charge in [0.05, 0.1) is 12.0 Å². The van der Waals surface area contributed by atoms with Gasteiger partial charge in [0, 0.05) is 36.6 Å². The average Bonchev–Trinajstić information content (AvgIpc) is 3.17. The largest absolute Gasteiger partial charge is 0.497 e. The molecule has 1 saturated heterocycles. The van der Waals surface area contributed by atoms with Gasteiger partial charge in [-0.15, -0.1) is 11.3 Å². The number of methoxy groups -OCH3 is 1. The Morgan fingerprint density at radius 2 is 1.67 bits per heavy atom. The molecule has 2 heterocycles. The third kappa shape index (κ3) is 3.72. The van der Waals surface area contributed by atoms with Gasteiger partial charge in [0.15, 0.2) is 0 Å². The molecule has 0 unspecified atom stereocenters. The van der Waals surface area contributed by atoms with Crippen molar-refractivity contribution in [3.63, 3.8) is 0 Å². The number of benzene rings is 1. The summed E-state index contributed by atoms with van der Waals surface area (Å²) >= 11 is 1.66. The van der Waals surface area contributed by atoms with Crippen molar-refractivity contribution in [1.29, 1.82) is 0 Å².